The minimum Gasteiger partial charge on any atom is -0.409 e. The van der Waals surface area contributed by atoms with Gasteiger partial charge in [-0.05, 0) is 31.5 Å². The molecule has 0 bridgehead atoms. The number of nitrogen functional groups attached to an aromatic ring is 1. The first kappa shape index (κ1) is 30.6. The van der Waals surface area contributed by atoms with Crippen LogP contribution >= 0.6 is 36.4 Å². The van der Waals surface area contributed by atoms with E-state index in [1.165, 1.54) is 4.57 Å². The Morgan fingerprint density at radius 3 is 2.44 bits per heavy atom. The molecule has 7 N–H and O–H groups in total. The Morgan fingerprint density at radius 2 is 1.86 bits per heavy atom. The highest BCUT2D eigenvalue weighted by atomic mass is 35.5. The summed E-state index contributed by atoms with van der Waals surface area (Å²) >= 11 is 6.46. The van der Waals surface area contributed by atoms with Gasteiger partial charge in [0, 0.05) is 29.4 Å². The van der Waals surface area contributed by atoms with Crippen LogP contribution in [-0.2, 0) is 17.9 Å². The van der Waals surface area contributed by atoms with Crippen molar-refractivity contribution < 1.29 is 10.0 Å². The molecule has 2 aromatic carbocycles. The molecule has 1 amide bonds. The highest BCUT2D eigenvalue weighted by molar-refractivity contribution is 6.32. The summed E-state index contributed by atoms with van der Waals surface area (Å²) in [6.07, 6.45) is 0. The van der Waals surface area contributed by atoms with Gasteiger partial charge >= 0.3 is 0 Å². The van der Waals surface area contributed by atoms with E-state index >= 15 is 0 Å². The monoisotopic (exact) mass is 555 g/mol. The van der Waals surface area contributed by atoms with Gasteiger partial charge in [0.15, 0.2) is 16.8 Å². The lowest BCUT2D eigenvalue weighted by Crippen LogP contribution is -2.35. The van der Waals surface area contributed by atoms with Crippen molar-refractivity contribution in [2.45, 2.75) is 33.0 Å². The van der Waals surface area contributed by atoms with Crippen molar-refractivity contribution in [3.63, 3.8) is 0 Å². The molecule has 0 aliphatic heterocycles. The van der Waals surface area contributed by atoms with Crippen molar-refractivity contribution in [3.8, 4) is 11.3 Å². The van der Waals surface area contributed by atoms with Crippen LogP contribution in [-0.4, -0.2) is 32.5 Å². The third-order valence-electron chi connectivity index (χ3n) is 4.86. The highest BCUT2D eigenvalue weighted by Crippen LogP contribution is 2.27. The van der Waals surface area contributed by atoms with Gasteiger partial charge in [-0.1, -0.05) is 53.2 Å². The average Bonchev–Trinajstić information content (AvgIpc) is 2.80. The minimum atomic E-state index is -0.478. The fourth-order valence-electron chi connectivity index (χ4n) is 3.27. The second-order valence-electron chi connectivity index (χ2n) is 7.87. The van der Waals surface area contributed by atoms with E-state index in [4.69, 9.17) is 28.3 Å². The summed E-state index contributed by atoms with van der Waals surface area (Å²) in [6, 6.07) is 13.6. The average molecular weight is 557 g/mol. The Balaban J connectivity index is 0.00000324. The maximum absolute atomic E-state index is 13.2. The number of anilines is 2. The number of amides is 1. The summed E-state index contributed by atoms with van der Waals surface area (Å²) in [5.41, 5.74) is 13.7. The van der Waals surface area contributed by atoms with Crippen LogP contribution in [0.1, 0.15) is 25.0 Å². The predicted octanol–water partition coefficient (Wildman–Crippen LogP) is 3.22. The number of nitrogens with zero attached hydrogens (tertiary/aromatic N) is 3. The first-order valence-corrected chi connectivity index (χ1v) is 10.8. The molecule has 0 atom stereocenters. The van der Waals surface area contributed by atoms with Crippen LogP contribution in [0.3, 0.4) is 0 Å². The second-order valence-corrected chi connectivity index (χ2v) is 8.23. The molecule has 13 heteroatoms. The number of hydrogen-bond acceptors (Lipinski definition) is 7. The normalized spacial score (nSPS) is 10.8. The molecule has 0 aliphatic rings. The summed E-state index contributed by atoms with van der Waals surface area (Å²) in [6.45, 7) is 3.67. The summed E-state index contributed by atoms with van der Waals surface area (Å²) in [7, 11) is 0. The van der Waals surface area contributed by atoms with Gasteiger partial charge in [0.1, 0.15) is 6.54 Å². The molecule has 0 saturated heterocycles. The van der Waals surface area contributed by atoms with Gasteiger partial charge in [0.2, 0.25) is 5.91 Å². The van der Waals surface area contributed by atoms with Gasteiger partial charge < -0.3 is 27.3 Å². The number of hydrogen-bond donors (Lipinski definition) is 5. The Morgan fingerprint density at radius 1 is 1.19 bits per heavy atom. The number of nitrogens with two attached hydrogens (primary N) is 2. The van der Waals surface area contributed by atoms with Crippen LogP contribution in [0.2, 0.25) is 5.15 Å². The molecule has 0 aliphatic carbocycles. The molecule has 194 valence electrons. The maximum atomic E-state index is 13.2. The molecule has 0 radical (unpaired) electrons. The number of halogens is 3. The van der Waals surface area contributed by atoms with Crippen molar-refractivity contribution in [3.05, 3.63) is 75.2 Å². The van der Waals surface area contributed by atoms with E-state index < -0.39 is 11.5 Å². The Kier molecular flexibility index (Phi) is 11.5. The van der Waals surface area contributed by atoms with Gasteiger partial charge in [0.05, 0.1) is 5.69 Å². The number of aromatic nitrogens is 2. The number of carbonyl (C=O) groups excluding carboxylic acids is 1. The molecule has 0 unspecified atom stereocenters. The fraction of sp³-hybridized carbons (Fsp3) is 0.217. The van der Waals surface area contributed by atoms with E-state index in [1.54, 1.807) is 48.5 Å². The zero-order chi connectivity index (χ0) is 24.8. The number of oxime groups is 1. The molecule has 1 aromatic heterocycles. The van der Waals surface area contributed by atoms with Crippen LogP contribution in [0.4, 0.5) is 11.5 Å². The Labute approximate surface area is 225 Å². The minimum absolute atomic E-state index is 0. The van der Waals surface area contributed by atoms with Crippen LogP contribution in [0, 0.1) is 0 Å². The standard InChI is InChI=1S/C23H26ClN7O3.2ClH/c1-13(2)28-22-23(33)31(19(20(24)29-22)16-4-3-5-17(25)10-16)12-18(32)27-11-14-6-8-15(9-7-14)21(26)30-34;;/h3-10,13,34H,11-12,25H2,1-2H3,(H2,26,30)(H,27,32)(H,28,29);2*1H. The van der Waals surface area contributed by atoms with Gasteiger partial charge in [0.25, 0.3) is 5.56 Å². The zero-order valence-electron chi connectivity index (χ0n) is 19.6. The van der Waals surface area contributed by atoms with E-state index in [9.17, 15) is 9.59 Å². The van der Waals surface area contributed by atoms with Crippen LogP contribution < -0.4 is 27.7 Å². The predicted molar refractivity (Wildman–Crippen MR) is 147 cm³/mol. The Hall–Kier alpha value is -3.47. The molecule has 36 heavy (non-hydrogen) atoms. The maximum Gasteiger partial charge on any atom is 0.294 e. The second kappa shape index (κ2) is 13.6. The molecule has 1 heterocycles. The van der Waals surface area contributed by atoms with Crippen LogP contribution in [0.25, 0.3) is 11.3 Å². The highest BCUT2D eigenvalue weighted by Gasteiger charge is 2.20. The number of carbonyl (C=O) groups is 1. The van der Waals surface area contributed by atoms with Gasteiger partial charge in [-0.3, -0.25) is 14.2 Å². The van der Waals surface area contributed by atoms with Gasteiger partial charge in [-0.15, -0.1) is 24.8 Å². The van der Waals surface area contributed by atoms with E-state index in [0.717, 1.165) is 5.56 Å². The van der Waals surface area contributed by atoms with Gasteiger partial charge in [-0.2, -0.15) is 0 Å². The molecule has 3 rings (SSSR count). The summed E-state index contributed by atoms with van der Waals surface area (Å²) in [5, 5.41) is 17.5. The van der Waals surface area contributed by atoms with Crippen LogP contribution in [0.15, 0.2) is 58.5 Å². The number of amidine groups is 1. The largest absolute Gasteiger partial charge is 0.409 e. The van der Waals surface area contributed by atoms with E-state index in [0.29, 0.717) is 22.5 Å². The molecule has 0 spiro atoms. The third-order valence-corrected chi connectivity index (χ3v) is 5.12. The molecule has 3 aromatic rings. The number of rotatable bonds is 8. The third kappa shape index (κ3) is 7.51. The lowest BCUT2D eigenvalue weighted by Gasteiger charge is -2.18. The molecule has 0 saturated carbocycles. The number of benzene rings is 2. The van der Waals surface area contributed by atoms with Crippen molar-refractivity contribution in [1.82, 2.24) is 14.9 Å². The first-order valence-electron chi connectivity index (χ1n) is 10.5. The molecule has 10 nitrogen and oxygen atoms in total. The SMILES string of the molecule is CC(C)Nc1nc(Cl)c(-c2cccc(N)c2)n(CC(=O)NCc2ccc(/C(N)=N\O)cc2)c1=O.Cl.Cl. The molecule has 0 fully saturated rings. The lowest BCUT2D eigenvalue weighted by molar-refractivity contribution is -0.121. The lowest BCUT2D eigenvalue weighted by atomic mass is 10.1. The molecular formula is C23H28Cl3N7O3. The van der Waals surface area contributed by atoms with E-state index in [2.05, 4.69) is 20.8 Å². The van der Waals surface area contributed by atoms with Crippen LogP contribution in [0.5, 0.6) is 0 Å². The van der Waals surface area contributed by atoms with Crippen molar-refractivity contribution >= 4 is 59.7 Å². The van der Waals surface area contributed by atoms with Crippen molar-refractivity contribution in [2.24, 2.45) is 10.9 Å². The quantitative estimate of drug-likeness (QED) is 0.0935. The first-order chi connectivity index (χ1) is 16.2. The molecular weight excluding hydrogens is 529 g/mol. The summed E-state index contributed by atoms with van der Waals surface area (Å²) in [4.78, 5) is 30.2. The van der Waals surface area contributed by atoms with E-state index in [-0.39, 0.29) is 60.8 Å². The summed E-state index contributed by atoms with van der Waals surface area (Å²) in [5.74, 6) is -0.353. The summed E-state index contributed by atoms with van der Waals surface area (Å²) < 4.78 is 1.28. The smallest absolute Gasteiger partial charge is 0.294 e. The van der Waals surface area contributed by atoms with E-state index in [1.807, 2.05) is 13.8 Å². The Bertz CT molecular complexity index is 1280. The fourth-order valence-corrected chi connectivity index (χ4v) is 3.57. The van der Waals surface area contributed by atoms with Crippen molar-refractivity contribution in [2.75, 3.05) is 11.1 Å². The topological polar surface area (TPSA) is 161 Å². The van der Waals surface area contributed by atoms with Gasteiger partial charge in [-0.25, -0.2) is 4.98 Å². The van der Waals surface area contributed by atoms with Crippen molar-refractivity contribution in [1.29, 1.82) is 0 Å². The number of nitrogens with one attached hydrogen (secondary N) is 2. The zero-order valence-corrected chi connectivity index (χ0v) is 22.0.